The third-order valence-corrected chi connectivity index (χ3v) is 3.05. The second-order valence-electron chi connectivity index (χ2n) is 4.47. The molecular formula is C12H11F3N4O2. The topological polar surface area (TPSA) is 80.9 Å². The number of halogens is 3. The molecule has 0 radical (unpaired) electrons. The summed E-state index contributed by atoms with van der Waals surface area (Å²) in [6.45, 7) is 2.79. The molecule has 0 saturated carbocycles. The van der Waals surface area contributed by atoms with Gasteiger partial charge in [-0.05, 0) is 42.0 Å². The van der Waals surface area contributed by atoms with Gasteiger partial charge in [0.25, 0.3) is 0 Å². The Morgan fingerprint density at radius 3 is 2.52 bits per heavy atom. The quantitative estimate of drug-likeness (QED) is 0.939. The highest BCUT2D eigenvalue weighted by Crippen LogP contribution is 2.35. The van der Waals surface area contributed by atoms with Crippen molar-refractivity contribution >= 4 is 5.97 Å². The fourth-order valence-electron chi connectivity index (χ4n) is 1.83. The lowest BCUT2D eigenvalue weighted by Crippen LogP contribution is -2.15. The Kier molecular flexibility index (Phi) is 3.67. The molecule has 2 aromatic rings. The molecule has 0 spiro atoms. The van der Waals surface area contributed by atoms with Crippen molar-refractivity contribution in [3.8, 4) is 5.69 Å². The van der Waals surface area contributed by atoms with Crippen LogP contribution < -0.4 is 0 Å². The minimum atomic E-state index is -4.65. The van der Waals surface area contributed by atoms with Crippen LogP contribution in [0.4, 0.5) is 13.2 Å². The van der Waals surface area contributed by atoms with Crippen molar-refractivity contribution in [3.63, 3.8) is 0 Å². The number of aromatic nitrogens is 4. The maximum atomic E-state index is 13.2. The van der Waals surface area contributed by atoms with Gasteiger partial charge in [0, 0.05) is 0 Å². The number of alkyl halides is 3. The normalized spacial score (nSPS) is 13.2. The molecule has 0 fully saturated rings. The summed E-state index contributed by atoms with van der Waals surface area (Å²) in [6.07, 6.45) is -4.65. The van der Waals surface area contributed by atoms with Crippen LogP contribution in [-0.4, -0.2) is 31.3 Å². The molecule has 1 aromatic heterocycles. The number of rotatable bonds is 3. The zero-order valence-corrected chi connectivity index (χ0v) is 11.1. The van der Waals surface area contributed by atoms with Crippen molar-refractivity contribution in [2.24, 2.45) is 0 Å². The van der Waals surface area contributed by atoms with E-state index in [-0.39, 0.29) is 17.1 Å². The number of carboxylic acids is 1. The number of carbonyl (C=O) groups is 1. The second-order valence-corrected chi connectivity index (χ2v) is 4.47. The standard InChI is InChI=1S/C12H11F3N4O2/c1-6(11(20)21)8-3-4-10(9(5-8)12(13,14)15)19-7(2)16-17-18-19/h3-6H,1-2H3,(H,20,21). The number of hydrogen-bond acceptors (Lipinski definition) is 4. The molecule has 1 aromatic carbocycles. The predicted octanol–water partition coefficient (Wildman–Crippen LogP) is 2.18. The van der Waals surface area contributed by atoms with Gasteiger partial charge in [-0.2, -0.15) is 17.9 Å². The van der Waals surface area contributed by atoms with Crippen molar-refractivity contribution in [2.45, 2.75) is 25.9 Å². The molecule has 0 aliphatic carbocycles. The van der Waals surface area contributed by atoms with E-state index in [1.807, 2.05) is 0 Å². The van der Waals surface area contributed by atoms with Gasteiger partial charge in [0.1, 0.15) is 0 Å². The highest BCUT2D eigenvalue weighted by Gasteiger charge is 2.35. The Bertz CT molecular complexity index is 681. The number of tetrazole rings is 1. The van der Waals surface area contributed by atoms with Crippen LogP contribution in [0.2, 0.25) is 0 Å². The molecule has 1 unspecified atom stereocenters. The Morgan fingerprint density at radius 2 is 2.05 bits per heavy atom. The van der Waals surface area contributed by atoms with Gasteiger partial charge < -0.3 is 5.11 Å². The Balaban J connectivity index is 2.63. The van der Waals surface area contributed by atoms with Gasteiger partial charge in [-0.25, -0.2) is 0 Å². The highest BCUT2D eigenvalue weighted by molar-refractivity contribution is 5.75. The lowest BCUT2D eigenvalue weighted by Gasteiger charge is -2.16. The van der Waals surface area contributed by atoms with E-state index >= 15 is 0 Å². The van der Waals surface area contributed by atoms with Crippen molar-refractivity contribution in [1.82, 2.24) is 20.2 Å². The van der Waals surface area contributed by atoms with Crippen molar-refractivity contribution in [2.75, 3.05) is 0 Å². The molecule has 0 aliphatic heterocycles. The third-order valence-electron chi connectivity index (χ3n) is 3.05. The average molecular weight is 300 g/mol. The Hall–Kier alpha value is -2.45. The number of benzene rings is 1. The molecule has 0 bridgehead atoms. The summed E-state index contributed by atoms with van der Waals surface area (Å²) < 4.78 is 40.5. The molecule has 1 N–H and O–H groups in total. The zero-order chi connectivity index (χ0) is 15.8. The summed E-state index contributed by atoms with van der Waals surface area (Å²) in [7, 11) is 0. The number of nitrogens with zero attached hydrogens (tertiary/aromatic N) is 4. The number of aryl methyl sites for hydroxylation is 1. The van der Waals surface area contributed by atoms with E-state index in [4.69, 9.17) is 5.11 Å². The summed E-state index contributed by atoms with van der Waals surface area (Å²) in [6, 6.07) is 3.31. The van der Waals surface area contributed by atoms with Gasteiger partial charge >= 0.3 is 12.1 Å². The average Bonchev–Trinajstić information content (AvgIpc) is 2.82. The van der Waals surface area contributed by atoms with E-state index in [1.165, 1.54) is 26.0 Å². The lowest BCUT2D eigenvalue weighted by molar-refractivity contribution is -0.139. The first kappa shape index (κ1) is 14.9. The van der Waals surface area contributed by atoms with Crippen LogP contribution in [0.3, 0.4) is 0 Å². The Morgan fingerprint density at radius 1 is 1.38 bits per heavy atom. The fourth-order valence-corrected chi connectivity index (χ4v) is 1.83. The molecule has 9 heteroatoms. The van der Waals surface area contributed by atoms with E-state index in [2.05, 4.69) is 15.5 Å². The molecule has 1 atom stereocenters. The number of aliphatic carboxylic acids is 1. The van der Waals surface area contributed by atoms with E-state index in [0.717, 1.165) is 10.7 Å². The smallest absolute Gasteiger partial charge is 0.418 e. The van der Waals surface area contributed by atoms with Crippen molar-refractivity contribution < 1.29 is 23.1 Å². The molecule has 112 valence electrons. The molecule has 2 rings (SSSR count). The van der Waals surface area contributed by atoms with Crippen LogP contribution in [0.1, 0.15) is 29.8 Å². The minimum absolute atomic E-state index is 0.0595. The largest absolute Gasteiger partial charge is 0.481 e. The first-order valence-corrected chi connectivity index (χ1v) is 5.91. The summed E-state index contributed by atoms with van der Waals surface area (Å²) in [5.41, 5.74) is -1.17. The van der Waals surface area contributed by atoms with Gasteiger partial charge in [-0.1, -0.05) is 6.07 Å². The molecule has 0 saturated heterocycles. The SMILES string of the molecule is Cc1nnnn1-c1ccc(C(C)C(=O)O)cc1C(F)(F)F. The molecule has 1 heterocycles. The van der Waals surface area contributed by atoms with Crippen molar-refractivity contribution in [3.05, 3.63) is 35.2 Å². The van der Waals surface area contributed by atoms with E-state index in [0.29, 0.717) is 0 Å². The van der Waals surface area contributed by atoms with Crippen LogP contribution in [0.15, 0.2) is 18.2 Å². The number of hydrogen-bond donors (Lipinski definition) is 1. The summed E-state index contributed by atoms with van der Waals surface area (Å²) in [5.74, 6) is -2.05. The molecular weight excluding hydrogens is 289 g/mol. The molecule has 21 heavy (non-hydrogen) atoms. The highest BCUT2D eigenvalue weighted by atomic mass is 19.4. The van der Waals surface area contributed by atoms with Crippen LogP contribution in [-0.2, 0) is 11.0 Å². The van der Waals surface area contributed by atoms with E-state index in [1.54, 1.807) is 0 Å². The van der Waals surface area contributed by atoms with Gasteiger partial charge in [-0.3, -0.25) is 4.79 Å². The Labute approximate surface area is 117 Å². The van der Waals surface area contributed by atoms with Gasteiger partial charge in [0.15, 0.2) is 5.82 Å². The maximum absolute atomic E-state index is 13.2. The predicted molar refractivity (Wildman–Crippen MR) is 64.9 cm³/mol. The van der Waals surface area contributed by atoms with Gasteiger partial charge in [0.05, 0.1) is 17.2 Å². The summed E-state index contributed by atoms with van der Waals surface area (Å²) >= 11 is 0. The summed E-state index contributed by atoms with van der Waals surface area (Å²) in [4.78, 5) is 10.9. The molecule has 0 aliphatic rings. The van der Waals surface area contributed by atoms with Gasteiger partial charge in [0.2, 0.25) is 0 Å². The molecule has 0 amide bonds. The zero-order valence-electron chi connectivity index (χ0n) is 11.1. The summed E-state index contributed by atoms with van der Waals surface area (Å²) in [5, 5.41) is 19.3. The second kappa shape index (κ2) is 5.15. The van der Waals surface area contributed by atoms with Crippen LogP contribution in [0, 0.1) is 6.92 Å². The van der Waals surface area contributed by atoms with E-state index < -0.39 is 23.6 Å². The fraction of sp³-hybridized carbons (Fsp3) is 0.333. The molecule has 6 nitrogen and oxygen atoms in total. The van der Waals surface area contributed by atoms with Gasteiger partial charge in [-0.15, -0.1) is 5.10 Å². The maximum Gasteiger partial charge on any atom is 0.418 e. The first-order valence-electron chi connectivity index (χ1n) is 5.91. The van der Waals surface area contributed by atoms with Crippen LogP contribution in [0.25, 0.3) is 5.69 Å². The van der Waals surface area contributed by atoms with Crippen LogP contribution in [0.5, 0.6) is 0 Å². The van der Waals surface area contributed by atoms with Crippen molar-refractivity contribution in [1.29, 1.82) is 0 Å². The van der Waals surface area contributed by atoms with Crippen LogP contribution >= 0.6 is 0 Å². The monoisotopic (exact) mass is 300 g/mol. The number of carboxylic acid groups (broad SMARTS) is 1. The minimum Gasteiger partial charge on any atom is -0.481 e. The third kappa shape index (κ3) is 2.86. The van der Waals surface area contributed by atoms with E-state index in [9.17, 15) is 18.0 Å². The lowest BCUT2D eigenvalue weighted by atomic mass is 9.98. The first-order chi connectivity index (χ1) is 9.71.